The summed E-state index contributed by atoms with van der Waals surface area (Å²) in [5.74, 6) is 0.645. The lowest BCUT2D eigenvalue weighted by Gasteiger charge is -2.00. The van der Waals surface area contributed by atoms with E-state index in [0.717, 1.165) is 12.8 Å². The number of carboxylic acid groups (broad SMARTS) is 1. The van der Waals surface area contributed by atoms with Crippen molar-refractivity contribution in [1.82, 2.24) is 10.1 Å². The zero-order chi connectivity index (χ0) is 11.0. The fourth-order valence-corrected chi connectivity index (χ4v) is 1.89. The summed E-state index contributed by atoms with van der Waals surface area (Å²) in [6.07, 6.45) is 2.18. The molecule has 2 rings (SSSR count). The quantitative estimate of drug-likeness (QED) is 0.821. The fourth-order valence-electron chi connectivity index (χ4n) is 1.89. The van der Waals surface area contributed by atoms with Crippen LogP contribution in [0.15, 0.2) is 4.52 Å². The molecule has 15 heavy (non-hydrogen) atoms. The van der Waals surface area contributed by atoms with Crippen LogP contribution in [0.4, 0.5) is 0 Å². The summed E-state index contributed by atoms with van der Waals surface area (Å²) in [6, 6.07) is 0. The highest BCUT2D eigenvalue weighted by molar-refractivity contribution is 5.82. The maximum atomic E-state index is 10.5. The Labute approximate surface area is 87.5 Å². The van der Waals surface area contributed by atoms with Crippen LogP contribution >= 0.6 is 0 Å². The molecule has 1 aliphatic rings. The van der Waals surface area contributed by atoms with E-state index in [-0.39, 0.29) is 11.7 Å². The lowest BCUT2D eigenvalue weighted by molar-refractivity contribution is 0.0680. The molecule has 1 heterocycles. The van der Waals surface area contributed by atoms with E-state index >= 15 is 0 Å². The summed E-state index contributed by atoms with van der Waals surface area (Å²) in [7, 11) is 0. The van der Waals surface area contributed by atoms with Crippen molar-refractivity contribution >= 4 is 5.97 Å². The first kappa shape index (κ1) is 10.1. The van der Waals surface area contributed by atoms with E-state index in [2.05, 4.69) is 24.0 Å². The Balaban J connectivity index is 1.98. The molecule has 0 aliphatic heterocycles. The van der Waals surface area contributed by atoms with Crippen molar-refractivity contribution in [3.63, 3.8) is 0 Å². The van der Waals surface area contributed by atoms with Crippen molar-refractivity contribution in [1.29, 1.82) is 0 Å². The molecule has 82 valence electrons. The molecule has 1 fully saturated rings. The highest BCUT2D eigenvalue weighted by Crippen LogP contribution is 2.50. The third kappa shape index (κ3) is 2.16. The molecule has 0 amide bonds. The normalized spacial score (nSPS) is 24.5. The van der Waals surface area contributed by atoms with Gasteiger partial charge in [0.1, 0.15) is 0 Å². The van der Waals surface area contributed by atoms with Crippen molar-refractivity contribution in [2.75, 3.05) is 0 Å². The Morgan fingerprint density at radius 1 is 1.67 bits per heavy atom. The zero-order valence-corrected chi connectivity index (χ0v) is 8.80. The van der Waals surface area contributed by atoms with Gasteiger partial charge < -0.3 is 9.63 Å². The van der Waals surface area contributed by atoms with E-state index in [1.807, 2.05) is 0 Å². The maximum absolute atomic E-state index is 10.5. The number of aromatic carboxylic acids is 1. The van der Waals surface area contributed by atoms with Gasteiger partial charge in [0.15, 0.2) is 0 Å². The van der Waals surface area contributed by atoms with Gasteiger partial charge in [-0.3, -0.25) is 0 Å². The van der Waals surface area contributed by atoms with E-state index in [9.17, 15) is 4.79 Å². The van der Waals surface area contributed by atoms with Crippen LogP contribution in [0, 0.1) is 11.8 Å². The monoisotopic (exact) mass is 210 g/mol. The van der Waals surface area contributed by atoms with Crippen molar-refractivity contribution in [3.8, 4) is 0 Å². The Hall–Kier alpha value is -1.39. The molecule has 0 spiro atoms. The molecule has 2 atom stereocenters. The molecular weight excluding hydrogens is 196 g/mol. The van der Waals surface area contributed by atoms with Crippen LogP contribution in [-0.4, -0.2) is 21.2 Å². The van der Waals surface area contributed by atoms with E-state index in [1.165, 1.54) is 0 Å². The molecule has 1 aliphatic carbocycles. The molecular formula is C10H14N2O3. The van der Waals surface area contributed by atoms with Crippen molar-refractivity contribution in [2.24, 2.45) is 11.8 Å². The van der Waals surface area contributed by atoms with Gasteiger partial charge in [-0.15, -0.1) is 0 Å². The Morgan fingerprint density at radius 3 is 2.93 bits per heavy atom. The molecule has 0 unspecified atom stereocenters. The van der Waals surface area contributed by atoms with Crippen LogP contribution in [0.1, 0.15) is 49.1 Å². The Kier molecular flexibility index (Phi) is 2.46. The minimum Gasteiger partial charge on any atom is -0.475 e. The number of nitrogens with zero attached hydrogens (tertiary/aromatic N) is 2. The molecule has 0 radical (unpaired) electrons. The van der Waals surface area contributed by atoms with E-state index in [0.29, 0.717) is 17.7 Å². The molecule has 0 bridgehead atoms. The highest BCUT2D eigenvalue weighted by Gasteiger charge is 2.42. The second-order valence-electron chi connectivity index (χ2n) is 4.49. The van der Waals surface area contributed by atoms with E-state index in [1.54, 1.807) is 0 Å². The lowest BCUT2D eigenvalue weighted by Crippen LogP contribution is -1.98. The van der Waals surface area contributed by atoms with Crippen LogP contribution in [0.25, 0.3) is 0 Å². The predicted octanol–water partition coefficient (Wildman–Crippen LogP) is 1.92. The average Bonchev–Trinajstić information content (AvgIpc) is 2.73. The molecule has 1 aromatic rings. The molecule has 5 heteroatoms. The molecule has 0 saturated heterocycles. The number of carboxylic acids is 1. The van der Waals surface area contributed by atoms with Crippen LogP contribution < -0.4 is 0 Å². The summed E-state index contributed by atoms with van der Waals surface area (Å²) < 4.78 is 4.92. The molecule has 0 aromatic carbocycles. The van der Waals surface area contributed by atoms with Crippen LogP contribution in [-0.2, 0) is 0 Å². The van der Waals surface area contributed by atoms with Gasteiger partial charge >= 0.3 is 5.97 Å². The molecule has 1 aromatic heterocycles. The number of rotatable bonds is 4. The van der Waals surface area contributed by atoms with Gasteiger partial charge in [-0.25, -0.2) is 4.79 Å². The maximum Gasteiger partial charge on any atom is 0.377 e. The van der Waals surface area contributed by atoms with Gasteiger partial charge in [-0.2, -0.15) is 4.98 Å². The topological polar surface area (TPSA) is 76.2 Å². The van der Waals surface area contributed by atoms with Crippen LogP contribution in [0.5, 0.6) is 0 Å². The first-order valence-corrected chi connectivity index (χ1v) is 5.14. The van der Waals surface area contributed by atoms with Gasteiger partial charge in [0, 0.05) is 5.92 Å². The Morgan fingerprint density at radius 2 is 2.40 bits per heavy atom. The molecule has 1 N–H and O–H groups in total. The van der Waals surface area contributed by atoms with Crippen molar-refractivity contribution in [2.45, 2.75) is 32.6 Å². The summed E-state index contributed by atoms with van der Waals surface area (Å²) in [5.41, 5.74) is 0. The van der Waals surface area contributed by atoms with Gasteiger partial charge in [0.05, 0.1) is 0 Å². The van der Waals surface area contributed by atoms with E-state index < -0.39 is 5.97 Å². The van der Waals surface area contributed by atoms with Crippen LogP contribution in [0.3, 0.4) is 0 Å². The number of hydrogen-bond acceptors (Lipinski definition) is 4. The highest BCUT2D eigenvalue weighted by atomic mass is 16.5. The predicted molar refractivity (Wildman–Crippen MR) is 51.6 cm³/mol. The third-order valence-corrected chi connectivity index (χ3v) is 2.65. The average molecular weight is 210 g/mol. The smallest absolute Gasteiger partial charge is 0.377 e. The fraction of sp³-hybridized carbons (Fsp3) is 0.700. The SMILES string of the molecule is CC(C)C[C@@H]1C[C@H]1c1nc(C(=O)O)no1. The second-order valence-corrected chi connectivity index (χ2v) is 4.49. The third-order valence-electron chi connectivity index (χ3n) is 2.65. The van der Waals surface area contributed by atoms with Gasteiger partial charge in [0.2, 0.25) is 5.89 Å². The molecule has 1 saturated carbocycles. The minimum absolute atomic E-state index is 0.236. The minimum atomic E-state index is -1.13. The number of aromatic nitrogens is 2. The van der Waals surface area contributed by atoms with Gasteiger partial charge in [-0.05, 0) is 29.8 Å². The summed E-state index contributed by atoms with van der Waals surface area (Å²) in [6.45, 7) is 4.34. The first-order valence-electron chi connectivity index (χ1n) is 5.14. The molecule has 5 nitrogen and oxygen atoms in total. The largest absolute Gasteiger partial charge is 0.475 e. The zero-order valence-electron chi connectivity index (χ0n) is 8.80. The first-order chi connectivity index (χ1) is 7.08. The summed E-state index contributed by atoms with van der Waals surface area (Å²) in [5, 5.41) is 12.0. The standard InChI is InChI=1S/C10H14N2O3/c1-5(2)3-6-4-7(6)9-11-8(10(13)14)12-15-9/h5-7H,3-4H2,1-2H3,(H,13,14)/t6-,7-/m1/s1. The van der Waals surface area contributed by atoms with Crippen molar-refractivity contribution < 1.29 is 14.4 Å². The summed E-state index contributed by atoms with van der Waals surface area (Å²) >= 11 is 0. The number of carbonyl (C=O) groups is 1. The lowest BCUT2D eigenvalue weighted by atomic mass is 10.1. The number of hydrogen-bond donors (Lipinski definition) is 1. The van der Waals surface area contributed by atoms with Gasteiger partial charge in [0.25, 0.3) is 5.82 Å². The van der Waals surface area contributed by atoms with Gasteiger partial charge in [-0.1, -0.05) is 13.8 Å². The van der Waals surface area contributed by atoms with Crippen LogP contribution in [0.2, 0.25) is 0 Å². The van der Waals surface area contributed by atoms with E-state index in [4.69, 9.17) is 9.63 Å². The Bertz CT molecular complexity index is 372. The summed E-state index contributed by atoms with van der Waals surface area (Å²) in [4.78, 5) is 14.4. The second kappa shape index (κ2) is 3.64. The van der Waals surface area contributed by atoms with Crippen molar-refractivity contribution in [3.05, 3.63) is 11.7 Å².